The predicted octanol–water partition coefficient (Wildman–Crippen LogP) is -2.07. The van der Waals surface area contributed by atoms with E-state index in [1.54, 1.807) is 4.90 Å². The molecule has 1 fully saturated rings. The molecule has 0 spiro atoms. The van der Waals surface area contributed by atoms with Crippen LogP contribution in [0.15, 0.2) is 0 Å². The second-order valence-electron chi connectivity index (χ2n) is 3.23. The number of rotatable bonds is 4. The number of likely N-dealkylation sites (tertiary alicyclic amines) is 1. The predicted molar refractivity (Wildman–Crippen MR) is 53.1 cm³/mol. The van der Waals surface area contributed by atoms with Crippen LogP contribution in [0.1, 0.15) is 12.8 Å². The van der Waals surface area contributed by atoms with Crippen LogP contribution in [0, 0.1) is 0 Å². The lowest BCUT2D eigenvalue weighted by atomic mass is 10.4. The van der Waals surface area contributed by atoms with Crippen LogP contribution in [-0.2, 0) is 4.79 Å². The molecule has 15 heavy (non-hydrogen) atoms. The highest BCUT2D eigenvalue weighted by Gasteiger charge is 2.18. The standard InChI is InChI=1S/C6H11NO2.C3H8O3/c8-5-4-7-3-1-2-6(7)9;4-1-3(6)2-5/h8H,1-5H2;3-6H,1-2H2. The normalized spacial score (nSPS) is 15.5. The molecular weight excluding hydrogens is 202 g/mol. The third-order valence-electron chi connectivity index (χ3n) is 1.96. The molecule has 0 saturated carbocycles. The molecule has 0 aromatic carbocycles. The summed E-state index contributed by atoms with van der Waals surface area (Å²) in [6, 6.07) is 0. The monoisotopic (exact) mass is 221 g/mol. The molecule has 1 rings (SSSR count). The van der Waals surface area contributed by atoms with E-state index in [1.807, 2.05) is 0 Å². The molecule has 1 aliphatic rings. The second kappa shape index (κ2) is 8.60. The van der Waals surface area contributed by atoms with Gasteiger partial charge >= 0.3 is 0 Å². The minimum Gasteiger partial charge on any atom is -0.395 e. The second-order valence-corrected chi connectivity index (χ2v) is 3.23. The molecule has 1 heterocycles. The van der Waals surface area contributed by atoms with E-state index in [0.717, 1.165) is 13.0 Å². The molecule has 1 amide bonds. The molecule has 0 bridgehead atoms. The fourth-order valence-corrected chi connectivity index (χ4v) is 1.12. The summed E-state index contributed by atoms with van der Waals surface area (Å²) in [6.45, 7) is 0.705. The number of aliphatic hydroxyl groups excluding tert-OH is 4. The number of hydrogen-bond donors (Lipinski definition) is 4. The van der Waals surface area contributed by atoms with E-state index < -0.39 is 6.10 Å². The number of hydrogen-bond acceptors (Lipinski definition) is 5. The maximum Gasteiger partial charge on any atom is 0.222 e. The highest BCUT2D eigenvalue weighted by Crippen LogP contribution is 2.07. The van der Waals surface area contributed by atoms with Crippen molar-refractivity contribution in [2.24, 2.45) is 0 Å². The van der Waals surface area contributed by atoms with Crippen LogP contribution in [-0.4, -0.2) is 70.2 Å². The molecule has 1 aliphatic heterocycles. The van der Waals surface area contributed by atoms with Gasteiger partial charge in [-0.15, -0.1) is 0 Å². The lowest BCUT2D eigenvalue weighted by Gasteiger charge is -2.11. The SMILES string of the molecule is O=C1CCCN1CCO.OCC(O)CO. The van der Waals surface area contributed by atoms with E-state index >= 15 is 0 Å². The maximum absolute atomic E-state index is 10.8. The average Bonchev–Trinajstić information content (AvgIpc) is 2.65. The lowest BCUT2D eigenvalue weighted by molar-refractivity contribution is -0.128. The number of β-amino-alcohol motifs (C(OH)–C–C–N with tert-alkyl or cyclic N) is 1. The molecule has 90 valence electrons. The van der Waals surface area contributed by atoms with Gasteiger partial charge in [-0.05, 0) is 6.42 Å². The van der Waals surface area contributed by atoms with E-state index in [4.69, 9.17) is 20.4 Å². The molecule has 6 heteroatoms. The van der Waals surface area contributed by atoms with Gasteiger partial charge in [0.1, 0.15) is 6.10 Å². The zero-order valence-corrected chi connectivity index (χ0v) is 8.67. The third kappa shape index (κ3) is 6.40. The Labute approximate surface area is 88.8 Å². The Morgan fingerprint density at radius 1 is 1.27 bits per heavy atom. The molecule has 6 nitrogen and oxygen atoms in total. The Hall–Kier alpha value is -0.690. The summed E-state index contributed by atoms with van der Waals surface area (Å²) in [6.07, 6.45) is 0.670. The summed E-state index contributed by atoms with van der Waals surface area (Å²) >= 11 is 0. The number of aliphatic hydroxyl groups is 4. The molecule has 4 N–H and O–H groups in total. The molecule has 0 atom stereocenters. The molecule has 0 aliphatic carbocycles. The third-order valence-corrected chi connectivity index (χ3v) is 1.96. The van der Waals surface area contributed by atoms with E-state index in [-0.39, 0.29) is 25.7 Å². The van der Waals surface area contributed by atoms with Gasteiger partial charge in [0, 0.05) is 19.5 Å². The molecule has 0 unspecified atom stereocenters. The number of amides is 1. The quantitative estimate of drug-likeness (QED) is 0.437. The van der Waals surface area contributed by atoms with Crippen molar-refractivity contribution >= 4 is 5.91 Å². The Balaban J connectivity index is 0.000000288. The number of carbonyl (C=O) groups is 1. The first-order valence-electron chi connectivity index (χ1n) is 4.94. The van der Waals surface area contributed by atoms with E-state index in [9.17, 15) is 4.79 Å². The zero-order valence-electron chi connectivity index (χ0n) is 8.67. The van der Waals surface area contributed by atoms with Crippen LogP contribution in [0.4, 0.5) is 0 Å². The Bertz CT molecular complexity index is 172. The zero-order chi connectivity index (χ0) is 11.7. The fourth-order valence-electron chi connectivity index (χ4n) is 1.12. The van der Waals surface area contributed by atoms with Gasteiger partial charge in [-0.3, -0.25) is 4.79 Å². The average molecular weight is 221 g/mol. The highest BCUT2D eigenvalue weighted by molar-refractivity contribution is 5.77. The first kappa shape index (κ1) is 14.3. The topological polar surface area (TPSA) is 101 Å². The summed E-state index contributed by atoms with van der Waals surface area (Å²) in [7, 11) is 0. The maximum atomic E-state index is 10.8. The molecular formula is C9H19NO5. The Kier molecular flexibility index (Phi) is 8.21. The molecule has 0 radical (unpaired) electrons. The summed E-state index contributed by atoms with van der Waals surface area (Å²) in [5.41, 5.74) is 0. The molecule has 0 aromatic rings. The Morgan fingerprint density at radius 2 is 1.87 bits per heavy atom. The lowest BCUT2D eigenvalue weighted by Crippen LogP contribution is -2.27. The van der Waals surface area contributed by atoms with Crippen molar-refractivity contribution in [3.63, 3.8) is 0 Å². The highest BCUT2D eigenvalue weighted by atomic mass is 16.3. The molecule has 1 saturated heterocycles. The van der Waals surface area contributed by atoms with Crippen molar-refractivity contribution in [3.8, 4) is 0 Å². The van der Waals surface area contributed by atoms with Gasteiger partial charge in [0.15, 0.2) is 0 Å². The summed E-state index contributed by atoms with van der Waals surface area (Å²) in [5.74, 6) is 0.184. The van der Waals surface area contributed by atoms with Gasteiger partial charge in [0.05, 0.1) is 19.8 Å². The van der Waals surface area contributed by atoms with Gasteiger partial charge in [-0.25, -0.2) is 0 Å². The smallest absolute Gasteiger partial charge is 0.222 e. The van der Waals surface area contributed by atoms with E-state index in [1.165, 1.54) is 0 Å². The van der Waals surface area contributed by atoms with Gasteiger partial charge in [-0.2, -0.15) is 0 Å². The van der Waals surface area contributed by atoms with Crippen molar-refractivity contribution in [1.82, 2.24) is 4.90 Å². The number of carbonyl (C=O) groups excluding carboxylic acids is 1. The minimum atomic E-state index is -0.954. The van der Waals surface area contributed by atoms with Gasteiger partial charge < -0.3 is 25.3 Å². The first-order chi connectivity index (χ1) is 7.15. The van der Waals surface area contributed by atoms with Crippen LogP contribution >= 0.6 is 0 Å². The van der Waals surface area contributed by atoms with Crippen LogP contribution in [0.25, 0.3) is 0 Å². The van der Waals surface area contributed by atoms with Gasteiger partial charge in [-0.1, -0.05) is 0 Å². The van der Waals surface area contributed by atoms with Gasteiger partial charge in [0.2, 0.25) is 5.91 Å². The van der Waals surface area contributed by atoms with Crippen LogP contribution < -0.4 is 0 Å². The fraction of sp³-hybridized carbons (Fsp3) is 0.889. The molecule has 0 aromatic heterocycles. The van der Waals surface area contributed by atoms with Crippen molar-refractivity contribution in [2.45, 2.75) is 18.9 Å². The summed E-state index contributed by atoms with van der Waals surface area (Å²) in [5, 5.41) is 32.5. The largest absolute Gasteiger partial charge is 0.395 e. The van der Waals surface area contributed by atoms with E-state index in [2.05, 4.69) is 0 Å². The Morgan fingerprint density at radius 3 is 2.13 bits per heavy atom. The van der Waals surface area contributed by atoms with E-state index in [0.29, 0.717) is 13.0 Å². The minimum absolute atomic E-state index is 0.0890. The van der Waals surface area contributed by atoms with Crippen LogP contribution in [0.2, 0.25) is 0 Å². The number of nitrogens with zero attached hydrogens (tertiary/aromatic N) is 1. The van der Waals surface area contributed by atoms with Crippen LogP contribution in [0.5, 0.6) is 0 Å². The van der Waals surface area contributed by atoms with Crippen molar-refractivity contribution < 1.29 is 25.2 Å². The summed E-state index contributed by atoms with van der Waals surface area (Å²) < 4.78 is 0. The van der Waals surface area contributed by atoms with Crippen molar-refractivity contribution in [3.05, 3.63) is 0 Å². The van der Waals surface area contributed by atoms with Crippen molar-refractivity contribution in [2.75, 3.05) is 32.9 Å². The van der Waals surface area contributed by atoms with Gasteiger partial charge in [0.25, 0.3) is 0 Å². The van der Waals surface area contributed by atoms with Crippen LogP contribution in [0.3, 0.4) is 0 Å². The summed E-state index contributed by atoms with van der Waals surface area (Å²) in [4.78, 5) is 12.5. The van der Waals surface area contributed by atoms with Crippen molar-refractivity contribution in [1.29, 1.82) is 0 Å². The first-order valence-corrected chi connectivity index (χ1v) is 4.94.